The molecule has 2 saturated heterocycles. The molecule has 0 aromatic carbocycles. The Hall–Kier alpha value is -1.55. The highest BCUT2D eigenvalue weighted by molar-refractivity contribution is 8.00. The number of thioether (sulfide) groups is 1. The Bertz CT molecular complexity index is 526. The van der Waals surface area contributed by atoms with E-state index >= 15 is 0 Å². The fourth-order valence-corrected chi connectivity index (χ4v) is 4.13. The number of thiocarbonyl (C=S) groups is 1. The van der Waals surface area contributed by atoms with Gasteiger partial charge in [0.1, 0.15) is 12.6 Å². The number of hydrogen-bond acceptors (Lipinski definition) is 9. The van der Waals surface area contributed by atoms with Gasteiger partial charge in [-0.15, -0.1) is 11.8 Å². The van der Waals surface area contributed by atoms with Crippen LogP contribution in [0.5, 0.6) is 0 Å². The molecule has 0 bridgehead atoms. The Labute approximate surface area is 142 Å². The van der Waals surface area contributed by atoms with Crippen molar-refractivity contribution in [1.82, 2.24) is 5.32 Å². The van der Waals surface area contributed by atoms with Gasteiger partial charge in [-0.05, 0) is 12.2 Å². The minimum Gasteiger partial charge on any atom is -0.465 e. The summed E-state index contributed by atoms with van der Waals surface area (Å²) in [5, 5.41) is 2.64. The highest BCUT2D eigenvalue weighted by Crippen LogP contribution is 2.39. The number of esters is 3. The second-order valence-corrected chi connectivity index (χ2v) is 6.78. The van der Waals surface area contributed by atoms with Crippen LogP contribution >= 0.6 is 24.0 Å². The van der Waals surface area contributed by atoms with E-state index in [9.17, 15) is 14.4 Å². The second-order valence-electron chi connectivity index (χ2n) is 5.07. The first-order valence-electron chi connectivity index (χ1n) is 6.88. The van der Waals surface area contributed by atoms with Crippen molar-refractivity contribution < 1.29 is 33.3 Å². The molecule has 5 atom stereocenters. The third kappa shape index (κ3) is 4.47. The summed E-state index contributed by atoms with van der Waals surface area (Å²) in [5.41, 5.74) is -0.431. The van der Waals surface area contributed by atoms with E-state index < -0.39 is 46.8 Å². The van der Waals surface area contributed by atoms with Gasteiger partial charge < -0.3 is 24.3 Å². The van der Waals surface area contributed by atoms with Gasteiger partial charge in [0.05, 0.1) is 5.25 Å². The van der Waals surface area contributed by atoms with E-state index in [-0.39, 0.29) is 11.8 Å². The zero-order chi connectivity index (χ0) is 17.1. The van der Waals surface area contributed by atoms with E-state index in [0.717, 1.165) is 0 Å². The molecule has 0 radical (unpaired) electrons. The fourth-order valence-electron chi connectivity index (χ4n) is 2.43. The normalized spacial score (nSPS) is 32.1. The maximum Gasteiger partial charge on any atom is 0.303 e. The summed E-state index contributed by atoms with van der Waals surface area (Å²) in [6.45, 7) is 3.79. The SMILES string of the molecule is CC(=O)OCC1SC2OC(=S)NC2C(OC(C)=O)C1OC(C)=O. The molecule has 1 N–H and O–H groups in total. The Balaban J connectivity index is 2.25. The number of fused-ring (bicyclic) bond motifs is 1. The Morgan fingerprint density at radius 1 is 1.13 bits per heavy atom. The maximum atomic E-state index is 11.4. The van der Waals surface area contributed by atoms with Crippen LogP contribution in [0.2, 0.25) is 0 Å². The summed E-state index contributed by atoms with van der Waals surface area (Å²) in [6, 6.07) is -0.450. The lowest BCUT2D eigenvalue weighted by molar-refractivity contribution is -0.170. The summed E-state index contributed by atoms with van der Waals surface area (Å²) in [5.74, 6) is -1.51. The van der Waals surface area contributed by atoms with Crippen molar-refractivity contribution in [3.05, 3.63) is 0 Å². The Morgan fingerprint density at radius 3 is 2.30 bits per heavy atom. The molecule has 0 spiro atoms. The molecule has 0 aliphatic carbocycles. The largest absolute Gasteiger partial charge is 0.465 e. The summed E-state index contributed by atoms with van der Waals surface area (Å²) < 4.78 is 21.2. The Morgan fingerprint density at radius 2 is 1.74 bits per heavy atom. The molecule has 2 rings (SSSR count). The molecule has 0 amide bonds. The zero-order valence-corrected chi connectivity index (χ0v) is 14.4. The zero-order valence-electron chi connectivity index (χ0n) is 12.8. The van der Waals surface area contributed by atoms with Crippen molar-refractivity contribution >= 4 is 47.1 Å². The van der Waals surface area contributed by atoms with Crippen molar-refractivity contribution in [1.29, 1.82) is 0 Å². The molecule has 128 valence electrons. The van der Waals surface area contributed by atoms with Crippen molar-refractivity contribution in [2.75, 3.05) is 6.61 Å². The van der Waals surface area contributed by atoms with Crippen molar-refractivity contribution in [3.8, 4) is 0 Å². The first kappa shape index (κ1) is 17.8. The fraction of sp³-hybridized carbons (Fsp3) is 0.692. The van der Waals surface area contributed by atoms with Gasteiger partial charge in [0, 0.05) is 20.8 Å². The third-order valence-electron chi connectivity index (χ3n) is 3.21. The first-order valence-corrected chi connectivity index (χ1v) is 8.23. The van der Waals surface area contributed by atoms with Crippen LogP contribution in [0, 0.1) is 0 Å². The molecule has 2 aliphatic heterocycles. The van der Waals surface area contributed by atoms with E-state index in [4.69, 9.17) is 31.2 Å². The average molecular weight is 363 g/mol. The minimum atomic E-state index is -0.802. The highest BCUT2D eigenvalue weighted by Gasteiger charge is 2.53. The van der Waals surface area contributed by atoms with Crippen LogP contribution in [0.4, 0.5) is 0 Å². The van der Waals surface area contributed by atoms with Gasteiger partial charge >= 0.3 is 17.9 Å². The molecule has 2 fully saturated rings. The summed E-state index contributed by atoms with van der Waals surface area (Å²) in [7, 11) is 0. The maximum absolute atomic E-state index is 11.4. The van der Waals surface area contributed by atoms with Crippen LogP contribution in [-0.4, -0.2) is 58.6 Å². The predicted octanol–water partition coefficient (Wildman–Crippen LogP) is 0.128. The third-order valence-corrected chi connectivity index (χ3v) is 4.83. The number of carbonyl (C=O) groups excluding carboxylic acids is 3. The van der Waals surface area contributed by atoms with E-state index in [1.165, 1.54) is 32.5 Å². The van der Waals surface area contributed by atoms with E-state index in [2.05, 4.69) is 5.32 Å². The molecule has 2 aliphatic rings. The molecule has 23 heavy (non-hydrogen) atoms. The lowest BCUT2D eigenvalue weighted by Gasteiger charge is -2.40. The van der Waals surface area contributed by atoms with Crippen molar-refractivity contribution in [2.45, 2.75) is 49.7 Å². The minimum absolute atomic E-state index is 0.00491. The molecule has 0 aromatic heterocycles. The van der Waals surface area contributed by atoms with Crippen LogP contribution in [0.25, 0.3) is 0 Å². The smallest absolute Gasteiger partial charge is 0.303 e. The van der Waals surface area contributed by atoms with Gasteiger partial charge in [-0.1, -0.05) is 0 Å². The van der Waals surface area contributed by atoms with Crippen LogP contribution < -0.4 is 5.32 Å². The van der Waals surface area contributed by atoms with Crippen LogP contribution in [0.15, 0.2) is 0 Å². The van der Waals surface area contributed by atoms with E-state index in [1.54, 1.807) is 0 Å². The number of rotatable bonds is 4. The van der Waals surface area contributed by atoms with Gasteiger partial charge in [-0.25, -0.2) is 0 Å². The first-order chi connectivity index (χ1) is 10.8. The molecule has 0 saturated carbocycles. The number of ether oxygens (including phenoxy) is 4. The van der Waals surface area contributed by atoms with Crippen molar-refractivity contribution in [2.24, 2.45) is 0 Å². The van der Waals surface area contributed by atoms with Crippen molar-refractivity contribution in [3.63, 3.8) is 0 Å². The molecular weight excluding hydrogens is 346 g/mol. The molecule has 2 heterocycles. The quantitative estimate of drug-likeness (QED) is 0.421. The molecular formula is C13H17NO7S2. The number of carbonyl (C=O) groups is 3. The summed E-state index contributed by atoms with van der Waals surface area (Å²) in [6.07, 6.45) is -1.59. The van der Waals surface area contributed by atoms with Gasteiger partial charge in [0.15, 0.2) is 17.6 Å². The molecule has 5 unspecified atom stereocenters. The topological polar surface area (TPSA) is 100 Å². The Kier molecular flexibility index (Phi) is 5.69. The molecule has 0 aromatic rings. The lowest BCUT2D eigenvalue weighted by Crippen LogP contribution is -2.59. The van der Waals surface area contributed by atoms with E-state index in [0.29, 0.717) is 0 Å². The van der Waals surface area contributed by atoms with Gasteiger partial charge in [-0.2, -0.15) is 0 Å². The van der Waals surface area contributed by atoms with Crippen LogP contribution in [0.3, 0.4) is 0 Å². The summed E-state index contributed by atoms with van der Waals surface area (Å²) in [4.78, 5) is 33.9. The van der Waals surface area contributed by atoms with Crippen LogP contribution in [0.1, 0.15) is 20.8 Å². The second kappa shape index (κ2) is 7.35. The standard InChI is InChI=1S/C13H17NO7S2/c1-5(15)18-4-8-10(19-6(2)16)11(20-7(3)17)9-12(23-8)21-13(22)14-9/h8-12H,4H2,1-3H3,(H,14,22). The lowest BCUT2D eigenvalue weighted by atomic mass is 10.0. The summed E-state index contributed by atoms with van der Waals surface area (Å²) >= 11 is 6.30. The van der Waals surface area contributed by atoms with E-state index in [1.807, 2.05) is 0 Å². The van der Waals surface area contributed by atoms with Crippen LogP contribution in [-0.2, 0) is 33.3 Å². The molecule has 10 heteroatoms. The highest BCUT2D eigenvalue weighted by atomic mass is 32.2. The average Bonchev–Trinajstić information content (AvgIpc) is 2.78. The predicted molar refractivity (Wildman–Crippen MR) is 83.5 cm³/mol. The van der Waals surface area contributed by atoms with Gasteiger partial charge in [-0.3, -0.25) is 14.4 Å². The van der Waals surface area contributed by atoms with Gasteiger partial charge in [0.25, 0.3) is 5.17 Å². The molecule has 8 nitrogen and oxygen atoms in total. The number of hydrogen-bond donors (Lipinski definition) is 1. The van der Waals surface area contributed by atoms with Gasteiger partial charge in [0.2, 0.25) is 0 Å². The number of nitrogens with one attached hydrogen (secondary N) is 1. The monoisotopic (exact) mass is 363 g/mol.